The van der Waals surface area contributed by atoms with Crippen LogP contribution >= 0.6 is 12.2 Å². The first-order chi connectivity index (χ1) is 7.08. The minimum atomic E-state index is -0.521. The van der Waals surface area contributed by atoms with Crippen molar-refractivity contribution in [3.05, 3.63) is 38.0 Å². The van der Waals surface area contributed by atoms with Crippen LogP contribution in [0.4, 0.5) is 0 Å². The van der Waals surface area contributed by atoms with Gasteiger partial charge in [0.15, 0.2) is 0 Å². The van der Waals surface area contributed by atoms with Crippen LogP contribution in [-0.4, -0.2) is 34.2 Å². The molecule has 2 atom stereocenters. The Bertz CT molecular complexity index is 238. The van der Waals surface area contributed by atoms with Crippen LogP contribution in [0.25, 0.3) is 0 Å². The molecule has 1 unspecified atom stereocenters. The number of nitrogens with zero attached hydrogens (tertiary/aromatic N) is 1. The van der Waals surface area contributed by atoms with Crippen LogP contribution in [0.1, 0.15) is 6.92 Å². The third kappa shape index (κ3) is 4.40. The molecule has 0 bridgehead atoms. The standard InChI is InChI=1S/C12H19NOS/c1-5-8-13(9-6-2)12(15)11(7-3)10(4)14/h5-7,10-11,14H,1-3,8-9H2,4H3/t10-,11?/m0/s1. The second-order valence-corrected chi connectivity index (χ2v) is 3.74. The zero-order valence-corrected chi connectivity index (χ0v) is 10.0. The Morgan fingerprint density at radius 2 is 1.80 bits per heavy atom. The second kappa shape index (κ2) is 7.37. The van der Waals surface area contributed by atoms with E-state index >= 15 is 0 Å². The molecular weight excluding hydrogens is 206 g/mol. The summed E-state index contributed by atoms with van der Waals surface area (Å²) >= 11 is 5.30. The van der Waals surface area contributed by atoms with Crippen molar-refractivity contribution in [2.24, 2.45) is 5.92 Å². The lowest BCUT2D eigenvalue weighted by Crippen LogP contribution is -2.38. The van der Waals surface area contributed by atoms with Gasteiger partial charge in [-0.25, -0.2) is 0 Å². The van der Waals surface area contributed by atoms with Crippen molar-refractivity contribution in [3.63, 3.8) is 0 Å². The SMILES string of the molecule is C=CCN(CC=C)C(=S)C(C=C)[C@H](C)O. The summed E-state index contributed by atoms with van der Waals surface area (Å²) in [6, 6.07) is 0. The van der Waals surface area contributed by atoms with Crippen LogP contribution < -0.4 is 0 Å². The van der Waals surface area contributed by atoms with Gasteiger partial charge in [0.1, 0.15) is 0 Å². The summed E-state index contributed by atoms with van der Waals surface area (Å²) in [6.45, 7) is 14.0. The lowest BCUT2D eigenvalue weighted by Gasteiger charge is -2.28. The van der Waals surface area contributed by atoms with E-state index in [0.29, 0.717) is 18.1 Å². The number of hydrogen-bond acceptors (Lipinski definition) is 2. The fourth-order valence-electron chi connectivity index (χ4n) is 1.28. The largest absolute Gasteiger partial charge is 0.392 e. The lowest BCUT2D eigenvalue weighted by atomic mass is 10.0. The third-order valence-corrected chi connectivity index (χ3v) is 2.60. The van der Waals surface area contributed by atoms with Crippen LogP contribution in [0, 0.1) is 5.92 Å². The van der Waals surface area contributed by atoms with Gasteiger partial charge in [-0.1, -0.05) is 30.4 Å². The van der Waals surface area contributed by atoms with Crippen LogP contribution in [0.2, 0.25) is 0 Å². The van der Waals surface area contributed by atoms with Crippen LogP contribution in [0.15, 0.2) is 38.0 Å². The van der Waals surface area contributed by atoms with Gasteiger partial charge in [0.25, 0.3) is 0 Å². The number of aliphatic hydroxyl groups excluding tert-OH is 1. The van der Waals surface area contributed by atoms with E-state index in [1.165, 1.54) is 0 Å². The topological polar surface area (TPSA) is 23.5 Å². The summed E-state index contributed by atoms with van der Waals surface area (Å²) in [5.74, 6) is -0.195. The van der Waals surface area contributed by atoms with Gasteiger partial charge in [-0.15, -0.1) is 19.7 Å². The van der Waals surface area contributed by atoms with Crippen molar-refractivity contribution in [2.45, 2.75) is 13.0 Å². The highest BCUT2D eigenvalue weighted by molar-refractivity contribution is 7.80. The molecule has 1 N–H and O–H groups in total. The molecule has 0 radical (unpaired) electrons. The first-order valence-corrected chi connectivity index (χ1v) is 5.30. The molecule has 0 fully saturated rings. The maximum Gasteiger partial charge on any atom is 0.0880 e. The Balaban J connectivity index is 4.64. The molecule has 84 valence electrons. The van der Waals surface area contributed by atoms with Gasteiger partial charge in [-0.2, -0.15) is 0 Å². The maximum atomic E-state index is 9.53. The predicted molar refractivity (Wildman–Crippen MR) is 69.9 cm³/mol. The van der Waals surface area contributed by atoms with Crippen molar-refractivity contribution < 1.29 is 5.11 Å². The van der Waals surface area contributed by atoms with Gasteiger partial charge in [0.05, 0.1) is 17.0 Å². The molecule has 0 aromatic rings. The van der Waals surface area contributed by atoms with Crippen LogP contribution in [0.5, 0.6) is 0 Å². The third-order valence-electron chi connectivity index (χ3n) is 2.07. The number of hydrogen-bond donors (Lipinski definition) is 1. The van der Waals surface area contributed by atoms with Gasteiger partial charge in [0, 0.05) is 13.1 Å². The molecule has 0 rings (SSSR count). The first-order valence-electron chi connectivity index (χ1n) is 4.89. The zero-order chi connectivity index (χ0) is 11.8. The van der Waals surface area contributed by atoms with E-state index in [2.05, 4.69) is 19.7 Å². The van der Waals surface area contributed by atoms with Crippen LogP contribution in [-0.2, 0) is 0 Å². The number of rotatable bonds is 7. The lowest BCUT2D eigenvalue weighted by molar-refractivity contribution is 0.171. The number of thiocarbonyl (C=S) groups is 1. The van der Waals surface area contributed by atoms with Gasteiger partial charge < -0.3 is 10.0 Å². The summed E-state index contributed by atoms with van der Waals surface area (Å²) < 4.78 is 0. The van der Waals surface area contributed by atoms with E-state index in [-0.39, 0.29) is 5.92 Å². The van der Waals surface area contributed by atoms with Gasteiger partial charge in [0.2, 0.25) is 0 Å². The fourth-order valence-corrected chi connectivity index (χ4v) is 1.72. The van der Waals surface area contributed by atoms with Crippen molar-refractivity contribution in [2.75, 3.05) is 13.1 Å². The maximum absolute atomic E-state index is 9.53. The molecule has 15 heavy (non-hydrogen) atoms. The van der Waals surface area contributed by atoms with Crippen molar-refractivity contribution in [1.82, 2.24) is 4.90 Å². The summed E-state index contributed by atoms with van der Waals surface area (Å²) in [7, 11) is 0. The molecule has 3 heteroatoms. The van der Waals surface area contributed by atoms with Gasteiger partial charge in [-0.05, 0) is 6.92 Å². The van der Waals surface area contributed by atoms with E-state index in [0.717, 1.165) is 0 Å². The Morgan fingerprint density at radius 1 is 1.33 bits per heavy atom. The highest BCUT2D eigenvalue weighted by Gasteiger charge is 2.20. The van der Waals surface area contributed by atoms with E-state index < -0.39 is 6.10 Å². The van der Waals surface area contributed by atoms with Gasteiger partial charge in [-0.3, -0.25) is 0 Å². The highest BCUT2D eigenvalue weighted by Crippen LogP contribution is 2.12. The minimum absolute atomic E-state index is 0.195. The quantitative estimate of drug-likeness (QED) is 0.530. The Kier molecular flexibility index (Phi) is 6.92. The Morgan fingerprint density at radius 3 is 2.07 bits per heavy atom. The van der Waals surface area contributed by atoms with E-state index in [4.69, 9.17) is 12.2 Å². The fraction of sp³-hybridized carbons (Fsp3) is 0.417. The van der Waals surface area contributed by atoms with Crippen molar-refractivity contribution in [1.29, 1.82) is 0 Å². The molecule has 0 aliphatic rings. The number of aliphatic hydroxyl groups is 1. The van der Waals surface area contributed by atoms with E-state index in [9.17, 15) is 5.11 Å². The highest BCUT2D eigenvalue weighted by atomic mass is 32.1. The average Bonchev–Trinajstić information content (AvgIpc) is 2.17. The molecule has 0 saturated heterocycles. The van der Waals surface area contributed by atoms with E-state index in [1.807, 2.05) is 4.90 Å². The molecular formula is C12H19NOS. The van der Waals surface area contributed by atoms with Crippen molar-refractivity contribution >= 4 is 17.2 Å². The molecule has 0 amide bonds. The molecule has 0 saturated carbocycles. The van der Waals surface area contributed by atoms with E-state index in [1.54, 1.807) is 25.2 Å². The molecule has 0 aliphatic heterocycles. The average molecular weight is 225 g/mol. The minimum Gasteiger partial charge on any atom is -0.392 e. The molecule has 0 aliphatic carbocycles. The van der Waals surface area contributed by atoms with Gasteiger partial charge >= 0.3 is 0 Å². The monoisotopic (exact) mass is 225 g/mol. The van der Waals surface area contributed by atoms with Crippen LogP contribution in [0.3, 0.4) is 0 Å². The molecule has 0 aromatic heterocycles. The molecule has 2 nitrogen and oxygen atoms in total. The first kappa shape index (κ1) is 14.1. The normalized spacial score (nSPS) is 13.7. The van der Waals surface area contributed by atoms with Crippen molar-refractivity contribution in [3.8, 4) is 0 Å². The smallest absolute Gasteiger partial charge is 0.0880 e. The summed E-state index contributed by atoms with van der Waals surface area (Å²) in [6.07, 6.45) is 4.70. The summed E-state index contributed by atoms with van der Waals surface area (Å²) in [5.41, 5.74) is 0. The zero-order valence-electron chi connectivity index (χ0n) is 9.22. The summed E-state index contributed by atoms with van der Waals surface area (Å²) in [5, 5.41) is 9.53. The predicted octanol–water partition coefficient (Wildman–Crippen LogP) is 2.17. The Labute approximate surface area is 97.6 Å². The molecule has 0 spiro atoms. The second-order valence-electron chi connectivity index (χ2n) is 3.32. The Hall–Kier alpha value is -0.930. The summed E-state index contributed by atoms with van der Waals surface area (Å²) in [4.78, 5) is 2.62. The molecule has 0 heterocycles. The molecule has 0 aromatic carbocycles.